The Labute approximate surface area is 195 Å². The highest BCUT2D eigenvalue weighted by molar-refractivity contribution is 7.10. The molecule has 4 aromatic rings. The predicted molar refractivity (Wildman–Crippen MR) is 127 cm³/mol. The minimum atomic E-state index is -0.293. The molecular formula is C26H22N4O2S. The van der Waals surface area contributed by atoms with E-state index < -0.39 is 0 Å². The second kappa shape index (κ2) is 8.33. The summed E-state index contributed by atoms with van der Waals surface area (Å²) < 4.78 is 7.75. The molecule has 1 N–H and O–H groups in total. The molecule has 7 heteroatoms. The molecule has 2 aromatic carbocycles. The number of nitrogens with one attached hydrogen (secondary N) is 1. The number of fused-ring (bicyclic) bond motifs is 1. The average Bonchev–Trinajstić information content (AvgIpc) is 3.55. The Bertz CT molecular complexity index is 1310. The summed E-state index contributed by atoms with van der Waals surface area (Å²) in [6.07, 6.45) is 2.84. The van der Waals surface area contributed by atoms with Crippen molar-refractivity contribution in [3.63, 3.8) is 0 Å². The van der Waals surface area contributed by atoms with Crippen LogP contribution in [0.5, 0.6) is 5.75 Å². The summed E-state index contributed by atoms with van der Waals surface area (Å²) in [5.74, 6) is 1.82. The van der Waals surface area contributed by atoms with Crippen LogP contribution in [0.2, 0.25) is 0 Å². The Morgan fingerprint density at radius 1 is 1.03 bits per heavy atom. The summed E-state index contributed by atoms with van der Waals surface area (Å²) in [6, 6.07) is 21.9. The van der Waals surface area contributed by atoms with E-state index in [1.165, 1.54) is 11.2 Å². The maximum Gasteiger partial charge on any atom is 0.226 e. The molecule has 2 aromatic heterocycles. The molecular weight excluding hydrogens is 432 g/mol. The Balaban J connectivity index is 1.30. The number of aromatic nitrogens is 3. The van der Waals surface area contributed by atoms with Crippen molar-refractivity contribution in [1.29, 1.82) is 0 Å². The van der Waals surface area contributed by atoms with Gasteiger partial charge in [-0.05, 0) is 41.1 Å². The third-order valence-electron chi connectivity index (χ3n) is 6.25. The van der Waals surface area contributed by atoms with Gasteiger partial charge in [0.05, 0.1) is 0 Å². The molecule has 0 bridgehead atoms. The highest BCUT2D eigenvalue weighted by Gasteiger charge is 2.39. The van der Waals surface area contributed by atoms with Gasteiger partial charge in [-0.2, -0.15) is 10.1 Å². The van der Waals surface area contributed by atoms with Crippen LogP contribution < -0.4 is 10.1 Å². The lowest BCUT2D eigenvalue weighted by atomic mass is 9.80. The molecule has 33 heavy (non-hydrogen) atoms. The van der Waals surface area contributed by atoms with Crippen molar-refractivity contribution in [2.75, 3.05) is 5.32 Å². The number of thiophene rings is 1. The molecule has 0 amide bonds. The predicted octanol–water partition coefficient (Wildman–Crippen LogP) is 5.33. The zero-order chi connectivity index (χ0) is 22.2. The number of hydrogen-bond acceptors (Lipinski definition) is 6. The molecule has 0 spiro atoms. The number of anilines is 1. The van der Waals surface area contributed by atoms with Crippen molar-refractivity contribution >= 4 is 23.1 Å². The zero-order valence-electron chi connectivity index (χ0n) is 17.8. The van der Waals surface area contributed by atoms with Gasteiger partial charge >= 0.3 is 0 Å². The summed E-state index contributed by atoms with van der Waals surface area (Å²) in [5, 5.41) is 9.88. The number of carbonyl (C=O) groups is 1. The third kappa shape index (κ3) is 3.74. The van der Waals surface area contributed by atoms with E-state index in [0.29, 0.717) is 19.0 Å². The van der Waals surface area contributed by atoms with Crippen LogP contribution in [-0.2, 0) is 11.4 Å². The number of nitrogens with zero attached hydrogens (tertiary/aromatic N) is 3. The molecule has 0 saturated heterocycles. The van der Waals surface area contributed by atoms with Gasteiger partial charge in [-0.25, -0.2) is 4.68 Å². The lowest BCUT2D eigenvalue weighted by molar-refractivity contribution is -0.116. The maximum absolute atomic E-state index is 13.4. The fourth-order valence-electron chi connectivity index (χ4n) is 4.67. The van der Waals surface area contributed by atoms with E-state index in [-0.39, 0.29) is 17.7 Å². The number of ether oxygens (including phenoxy) is 1. The fourth-order valence-corrected chi connectivity index (χ4v) is 5.50. The first-order valence-corrected chi connectivity index (χ1v) is 11.9. The number of hydrogen-bond donors (Lipinski definition) is 1. The molecule has 0 saturated carbocycles. The van der Waals surface area contributed by atoms with Gasteiger partial charge in [-0.1, -0.05) is 48.5 Å². The number of Topliss-reactive ketones (excluding diaryl/α,β-unsaturated/α-hetero) is 1. The summed E-state index contributed by atoms with van der Waals surface area (Å²) in [4.78, 5) is 19.0. The summed E-state index contributed by atoms with van der Waals surface area (Å²) in [7, 11) is 0. The Kier molecular flexibility index (Phi) is 5.03. The van der Waals surface area contributed by atoms with Gasteiger partial charge in [0.15, 0.2) is 5.78 Å². The minimum Gasteiger partial charge on any atom is -0.489 e. The second-order valence-electron chi connectivity index (χ2n) is 8.34. The van der Waals surface area contributed by atoms with Gasteiger partial charge in [0, 0.05) is 28.5 Å². The van der Waals surface area contributed by atoms with E-state index in [1.54, 1.807) is 11.3 Å². The monoisotopic (exact) mass is 454 g/mol. The van der Waals surface area contributed by atoms with E-state index in [2.05, 4.69) is 26.8 Å². The van der Waals surface area contributed by atoms with Crippen molar-refractivity contribution in [2.24, 2.45) is 0 Å². The molecule has 164 valence electrons. The fraction of sp³-hybridized carbons (Fsp3) is 0.192. The third-order valence-corrected chi connectivity index (χ3v) is 7.29. The standard InChI is InChI=1S/C26H22N4O2S/c31-22-14-19(23-7-4-12-33-23)13-21-24(22)25(30-26(29-21)27-16-28-30)18-8-10-20(11-9-18)32-15-17-5-2-1-3-6-17/h1-12,16,19,25H,13-15H2,(H,27,28,29)/t19-,25+/m0/s1. The highest BCUT2D eigenvalue weighted by atomic mass is 32.1. The first-order valence-electron chi connectivity index (χ1n) is 11.0. The number of allylic oxidation sites excluding steroid dienone is 2. The van der Waals surface area contributed by atoms with Crippen LogP contribution in [0.15, 0.2) is 89.7 Å². The lowest BCUT2D eigenvalue weighted by Gasteiger charge is -2.34. The molecule has 2 aliphatic rings. The molecule has 6 nitrogen and oxygen atoms in total. The van der Waals surface area contributed by atoms with E-state index in [9.17, 15) is 4.79 Å². The first-order chi connectivity index (χ1) is 16.3. The van der Waals surface area contributed by atoms with Crippen molar-refractivity contribution in [2.45, 2.75) is 31.4 Å². The van der Waals surface area contributed by atoms with Crippen LogP contribution in [-0.4, -0.2) is 20.5 Å². The molecule has 6 rings (SSSR count). The molecule has 0 fully saturated rings. The maximum atomic E-state index is 13.4. The van der Waals surface area contributed by atoms with Crippen molar-refractivity contribution < 1.29 is 9.53 Å². The summed E-state index contributed by atoms with van der Waals surface area (Å²) in [5.41, 5.74) is 3.86. The Morgan fingerprint density at radius 3 is 2.67 bits per heavy atom. The normalized spacial score (nSPS) is 19.6. The van der Waals surface area contributed by atoms with Gasteiger partial charge in [-0.3, -0.25) is 4.79 Å². The number of rotatable bonds is 5. The van der Waals surface area contributed by atoms with Crippen LogP contribution in [0.3, 0.4) is 0 Å². The summed E-state index contributed by atoms with van der Waals surface area (Å²) in [6.45, 7) is 0.513. The van der Waals surface area contributed by atoms with Gasteiger partial charge in [0.2, 0.25) is 5.95 Å². The van der Waals surface area contributed by atoms with E-state index >= 15 is 0 Å². The quantitative estimate of drug-likeness (QED) is 0.441. The first kappa shape index (κ1) is 19.9. The van der Waals surface area contributed by atoms with Crippen LogP contribution in [0.4, 0.5) is 5.95 Å². The topological polar surface area (TPSA) is 69.0 Å². The number of ketones is 1. The van der Waals surface area contributed by atoms with Gasteiger partial charge < -0.3 is 10.1 Å². The molecule has 0 radical (unpaired) electrons. The highest BCUT2D eigenvalue weighted by Crippen LogP contribution is 2.44. The summed E-state index contributed by atoms with van der Waals surface area (Å²) >= 11 is 1.71. The van der Waals surface area contributed by atoms with E-state index in [4.69, 9.17) is 4.74 Å². The van der Waals surface area contributed by atoms with Crippen LogP contribution in [0.1, 0.15) is 40.8 Å². The van der Waals surface area contributed by atoms with Gasteiger partial charge in [-0.15, -0.1) is 11.3 Å². The molecule has 2 atom stereocenters. The van der Waals surface area contributed by atoms with Crippen molar-refractivity contribution in [3.8, 4) is 5.75 Å². The van der Waals surface area contributed by atoms with Gasteiger partial charge in [0.1, 0.15) is 24.7 Å². The van der Waals surface area contributed by atoms with Crippen molar-refractivity contribution in [3.05, 3.63) is 106 Å². The number of benzene rings is 2. The minimum absolute atomic E-state index is 0.165. The molecule has 3 heterocycles. The molecule has 1 aliphatic heterocycles. The van der Waals surface area contributed by atoms with Crippen LogP contribution >= 0.6 is 11.3 Å². The molecule has 1 aliphatic carbocycles. The Morgan fingerprint density at radius 2 is 1.88 bits per heavy atom. The SMILES string of the molecule is O=C1C[C@@H](c2cccs2)CC2=C1[C@@H](c1ccc(OCc3ccccc3)cc1)n1ncnc1N2. The largest absolute Gasteiger partial charge is 0.489 e. The number of carbonyl (C=O) groups excluding carboxylic acids is 1. The van der Waals surface area contributed by atoms with Crippen molar-refractivity contribution in [1.82, 2.24) is 14.8 Å². The van der Waals surface area contributed by atoms with Crippen LogP contribution in [0.25, 0.3) is 0 Å². The van der Waals surface area contributed by atoms with Gasteiger partial charge in [0.25, 0.3) is 0 Å². The smallest absolute Gasteiger partial charge is 0.226 e. The second-order valence-corrected chi connectivity index (χ2v) is 9.31. The Hall–Kier alpha value is -3.71. The average molecular weight is 455 g/mol. The zero-order valence-corrected chi connectivity index (χ0v) is 18.7. The van der Waals surface area contributed by atoms with E-state index in [0.717, 1.165) is 34.6 Å². The lowest BCUT2D eigenvalue weighted by Crippen LogP contribution is -2.33. The van der Waals surface area contributed by atoms with E-state index in [1.807, 2.05) is 65.3 Å². The molecule has 0 unspecified atom stereocenters. The van der Waals surface area contributed by atoms with Crippen LogP contribution in [0, 0.1) is 0 Å².